The predicted molar refractivity (Wildman–Crippen MR) is 72.7 cm³/mol. The van der Waals surface area contributed by atoms with Crippen LogP contribution in [0, 0.1) is 0 Å². The Kier molecular flexibility index (Phi) is 4.01. The smallest absolute Gasteiger partial charge is 0.0950 e. The van der Waals surface area contributed by atoms with Crippen molar-refractivity contribution in [2.45, 2.75) is 12.5 Å². The zero-order chi connectivity index (χ0) is 11.7. The SMILES string of the molecule is Cl.NC[C@H]1OCCc2c(-c3c[nH]cn3)cccc21. The number of H-pyrrole nitrogens is 1. The number of aromatic nitrogens is 2. The molecule has 1 aromatic carbocycles. The molecule has 1 aliphatic rings. The van der Waals surface area contributed by atoms with E-state index >= 15 is 0 Å². The molecule has 4 nitrogen and oxygen atoms in total. The lowest BCUT2D eigenvalue weighted by molar-refractivity contribution is 0.0486. The first kappa shape index (κ1) is 13.1. The second kappa shape index (κ2) is 5.52. The van der Waals surface area contributed by atoms with Crippen LogP contribution in [0.25, 0.3) is 11.3 Å². The largest absolute Gasteiger partial charge is 0.372 e. The van der Waals surface area contributed by atoms with Crippen LogP contribution >= 0.6 is 12.4 Å². The van der Waals surface area contributed by atoms with Crippen molar-refractivity contribution < 1.29 is 4.74 Å². The maximum atomic E-state index is 5.74. The third kappa shape index (κ3) is 2.14. The number of ether oxygens (including phenoxy) is 1. The summed E-state index contributed by atoms with van der Waals surface area (Å²) in [6.45, 7) is 1.26. The van der Waals surface area contributed by atoms with Gasteiger partial charge in [-0.05, 0) is 17.5 Å². The Hall–Kier alpha value is -1.36. The summed E-state index contributed by atoms with van der Waals surface area (Å²) >= 11 is 0. The summed E-state index contributed by atoms with van der Waals surface area (Å²) < 4.78 is 5.67. The summed E-state index contributed by atoms with van der Waals surface area (Å²) in [5, 5.41) is 0. The minimum Gasteiger partial charge on any atom is -0.372 e. The molecule has 0 fully saturated rings. The van der Waals surface area contributed by atoms with Crippen molar-refractivity contribution in [1.82, 2.24) is 9.97 Å². The fraction of sp³-hybridized carbons (Fsp3) is 0.308. The first-order valence-electron chi connectivity index (χ1n) is 5.82. The topological polar surface area (TPSA) is 63.9 Å². The summed E-state index contributed by atoms with van der Waals surface area (Å²) in [5.41, 5.74) is 10.4. The number of nitrogens with two attached hydrogens (primary N) is 1. The molecule has 1 atom stereocenters. The number of hydrogen-bond donors (Lipinski definition) is 2. The molecule has 5 heteroatoms. The van der Waals surface area contributed by atoms with Crippen LogP contribution in [-0.4, -0.2) is 23.1 Å². The van der Waals surface area contributed by atoms with E-state index in [4.69, 9.17) is 10.5 Å². The van der Waals surface area contributed by atoms with Crippen LogP contribution in [0.1, 0.15) is 17.2 Å². The number of nitrogens with zero attached hydrogens (tertiary/aromatic N) is 1. The van der Waals surface area contributed by atoms with E-state index in [1.54, 1.807) is 6.33 Å². The second-order valence-electron chi connectivity index (χ2n) is 4.17. The molecule has 0 bridgehead atoms. The lowest BCUT2D eigenvalue weighted by Gasteiger charge is -2.26. The summed E-state index contributed by atoms with van der Waals surface area (Å²) in [7, 11) is 0. The predicted octanol–water partition coefficient (Wildman–Crippen LogP) is 2.07. The van der Waals surface area contributed by atoms with Crippen molar-refractivity contribution in [2.24, 2.45) is 5.73 Å². The molecule has 96 valence electrons. The highest BCUT2D eigenvalue weighted by atomic mass is 35.5. The third-order valence-corrected chi connectivity index (χ3v) is 3.22. The molecule has 0 saturated carbocycles. The highest BCUT2D eigenvalue weighted by Gasteiger charge is 2.22. The fourth-order valence-electron chi connectivity index (χ4n) is 2.42. The molecule has 0 saturated heterocycles. The van der Waals surface area contributed by atoms with Gasteiger partial charge in [-0.15, -0.1) is 12.4 Å². The number of fused-ring (bicyclic) bond motifs is 1. The van der Waals surface area contributed by atoms with E-state index in [0.717, 1.165) is 18.7 Å². The number of aromatic amines is 1. The van der Waals surface area contributed by atoms with Gasteiger partial charge in [-0.1, -0.05) is 18.2 Å². The Morgan fingerprint density at radius 3 is 3.06 bits per heavy atom. The monoisotopic (exact) mass is 265 g/mol. The van der Waals surface area contributed by atoms with Crippen LogP contribution in [0.15, 0.2) is 30.7 Å². The van der Waals surface area contributed by atoms with E-state index in [1.807, 2.05) is 12.3 Å². The van der Waals surface area contributed by atoms with E-state index in [-0.39, 0.29) is 18.5 Å². The first-order chi connectivity index (χ1) is 8.40. The van der Waals surface area contributed by atoms with Crippen molar-refractivity contribution in [3.05, 3.63) is 41.9 Å². The molecule has 0 amide bonds. The Morgan fingerprint density at radius 2 is 2.33 bits per heavy atom. The Balaban J connectivity index is 0.00000120. The zero-order valence-corrected chi connectivity index (χ0v) is 10.7. The molecule has 0 spiro atoms. The minimum absolute atomic E-state index is 0. The van der Waals surface area contributed by atoms with E-state index in [0.29, 0.717) is 6.54 Å². The molecule has 0 aliphatic carbocycles. The molecule has 3 rings (SSSR count). The van der Waals surface area contributed by atoms with Crippen molar-refractivity contribution in [2.75, 3.05) is 13.2 Å². The van der Waals surface area contributed by atoms with Crippen LogP contribution in [0.4, 0.5) is 0 Å². The number of nitrogens with one attached hydrogen (secondary N) is 1. The molecule has 0 radical (unpaired) electrons. The summed E-state index contributed by atoms with van der Waals surface area (Å²) in [6, 6.07) is 6.25. The second-order valence-corrected chi connectivity index (χ2v) is 4.17. The summed E-state index contributed by atoms with van der Waals surface area (Å²) in [4.78, 5) is 7.31. The zero-order valence-electron chi connectivity index (χ0n) is 9.93. The Bertz CT molecular complexity index is 513. The molecular formula is C13H16ClN3O. The number of rotatable bonds is 2. The van der Waals surface area contributed by atoms with Crippen molar-refractivity contribution in [3.63, 3.8) is 0 Å². The van der Waals surface area contributed by atoms with Crippen molar-refractivity contribution in [3.8, 4) is 11.3 Å². The van der Waals surface area contributed by atoms with E-state index in [1.165, 1.54) is 16.7 Å². The van der Waals surface area contributed by atoms with E-state index in [2.05, 4.69) is 22.1 Å². The van der Waals surface area contributed by atoms with Crippen molar-refractivity contribution in [1.29, 1.82) is 0 Å². The molecule has 1 aliphatic heterocycles. The lowest BCUT2D eigenvalue weighted by atomic mass is 9.92. The van der Waals surface area contributed by atoms with Gasteiger partial charge in [0.05, 0.1) is 24.7 Å². The summed E-state index contributed by atoms with van der Waals surface area (Å²) in [5.74, 6) is 0. The maximum Gasteiger partial charge on any atom is 0.0950 e. The molecule has 2 heterocycles. The molecule has 3 N–H and O–H groups in total. The molecule has 1 aromatic heterocycles. The number of benzene rings is 1. The molecular weight excluding hydrogens is 250 g/mol. The van der Waals surface area contributed by atoms with Gasteiger partial charge in [-0.3, -0.25) is 0 Å². The van der Waals surface area contributed by atoms with Crippen LogP contribution in [-0.2, 0) is 11.2 Å². The van der Waals surface area contributed by atoms with Crippen LogP contribution in [0.2, 0.25) is 0 Å². The maximum absolute atomic E-state index is 5.74. The van der Waals surface area contributed by atoms with Gasteiger partial charge in [0.25, 0.3) is 0 Å². The van der Waals surface area contributed by atoms with Gasteiger partial charge in [0.2, 0.25) is 0 Å². The van der Waals surface area contributed by atoms with Crippen molar-refractivity contribution >= 4 is 12.4 Å². The van der Waals surface area contributed by atoms with Gasteiger partial charge in [-0.25, -0.2) is 4.98 Å². The van der Waals surface area contributed by atoms with Crippen LogP contribution < -0.4 is 5.73 Å². The Morgan fingerprint density at radius 1 is 1.44 bits per heavy atom. The van der Waals surface area contributed by atoms with Gasteiger partial charge < -0.3 is 15.5 Å². The van der Waals surface area contributed by atoms with Gasteiger partial charge in [0.1, 0.15) is 0 Å². The molecule has 18 heavy (non-hydrogen) atoms. The number of imidazole rings is 1. The standard InChI is InChI=1S/C13H15N3O.ClH/c14-6-13-11-3-1-2-10(9(11)4-5-17-13)12-7-15-8-16-12;/h1-3,7-8,13H,4-6,14H2,(H,15,16);1H/t13-;/m1./s1. The van der Waals surface area contributed by atoms with Gasteiger partial charge in [0.15, 0.2) is 0 Å². The normalized spacial score (nSPS) is 17.9. The van der Waals surface area contributed by atoms with Gasteiger partial charge in [0, 0.05) is 18.3 Å². The molecule has 2 aromatic rings. The first-order valence-corrected chi connectivity index (χ1v) is 5.82. The number of halogens is 1. The molecule has 0 unspecified atom stereocenters. The lowest BCUT2D eigenvalue weighted by Crippen LogP contribution is -2.23. The van der Waals surface area contributed by atoms with E-state index < -0.39 is 0 Å². The van der Waals surface area contributed by atoms with Crippen LogP contribution in [0.3, 0.4) is 0 Å². The van der Waals surface area contributed by atoms with Crippen LogP contribution in [0.5, 0.6) is 0 Å². The average molecular weight is 266 g/mol. The highest BCUT2D eigenvalue weighted by molar-refractivity contribution is 5.85. The minimum atomic E-state index is 0. The Labute approximate surface area is 112 Å². The number of hydrogen-bond acceptors (Lipinski definition) is 3. The fourth-order valence-corrected chi connectivity index (χ4v) is 2.42. The highest BCUT2D eigenvalue weighted by Crippen LogP contribution is 2.32. The van der Waals surface area contributed by atoms with E-state index in [9.17, 15) is 0 Å². The quantitative estimate of drug-likeness (QED) is 0.874. The van der Waals surface area contributed by atoms with Gasteiger partial charge >= 0.3 is 0 Å². The third-order valence-electron chi connectivity index (χ3n) is 3.22. The summed E-state index contributed by atoms with van der Waals surface area (Å²) in [6.07, 6.45) is 4.57. The average Bonchev–Trinajstić information content (AvgIpc) is 2.91. The van der Waals surface area contributed by atoms with Gasteiger partial charge in [-0.2, -0.15) is 0 Å².